The number of nitrogens with zero attached hydrogens (tertiary/aromatic N) is 1. The van der Waals surface area contributed by atoms with Gasteiger partial charge in [-0.3, -0.25) is 4.79 Å². The van der Waals surface area contributed by atoms with E-state index in [2.05, 4.69) is 16.4 Å². The fourth-order valence-electron chi connectivity index (χ4n) is 1.63. The van der Waals surface area contributed by atoms with Crippen molar-refractivity contribution >= 4 is 31.1 Å². The van der Waals surface area contributed by atoms with Gasteiger partial charge in [0.1, 0.15) is 20.0 Å². The van der Waals surface area contributed by atoms with Gasteiger partial charge in [-0.2, -0.15) is 0 Å². The molecule has 4 heteroatoms. The number of carbonyl (C=O) groups is 1. The van der Waals surface area contributed by atoms with E-state index in [1.54, 1.807) is 12.1 Å². The third-order valence-corrected chi connectivity index (χ3v) is 2.52. The Bertz CT molecular complexity index is 538. The zero-order chi connectivity index (χ0) is 12.3. The fraction of sp³-hybridized carbons (Fsp3) is 0.0769. The molecule has 2 rings (SSSR count). The fourth-order valence-corrected chi connectivity index (χ4v) is 1.63. The molecule has 0 aliphatic carbocycles. The summed E-state index contributed by atoms with van der Waals surface area (Å²) >= 11 is 0. The van der Waals surface area contributed by atoms with Crippen LogP contribution < -0.4 is 10.8 Å². The number of aromatic nitrogens is 1. The van der Waals surface area contributed by atoms with Gasteiger partial charge in [-0.1, -0.05) is 6.07 Å². The van der Waals surface area contributed by atoms with E-state index in [1.165, 1.54) is 0 Å². The summed E-state index contributed by atoms with van der Waals surface area (Å²) in [5.41, 5.74) is 3.84. The maximum atomic E-state index is 10.5. The Morgan fingerprint density at radius 2 is 2.00 bits per heavy atom. The van der Waals surface area contributed by atoms with Crippen LogP contribution in [0, 0.1) is 6.92 Å². The lowest BCUT2D eigenvalue weighted by Gasteiger charge is -2.09. The summed E-state index contributed by atoms with van der Waals surface area (Å²) in [4.78, 5) is 14.9. The second-order valence-electron chi connectivity index (χ2n) is 4.04. The Labute approximate surface area is 101 Å². The maximum absolute atomic E-state index is 10.5. The van der Waals surface area contributed by atoms with Crippen LogP contribution in [-0.2, 0) is 0 Å². The Balaban J connectivity index is 2.22. The van der Waals surface area contributed by atoms with Crippen LogP contribution in [0.25, 0.3) is 0 Å². The zero-order valence-electron chi connectivity index (χ0n) is 9.90. The van der Waals surface area contributed by atoms with Crippen molar-refractivity contribution in [3.05, 3.63) is 47.7 Å². The van der Waals surface area contributed by atoms with Gasteiger partial charge in [0, 0.05) is 17.4 Å². The number of aryl methyl sites for hydroxylation is 1. The SMILES string of the molecule is Bc1cc(C)cnc1Nc1ccc(C=O)cc1. The first-order chi connectivity index (χ1) is 8.19. The minimum absolute atomic E-state index is 0.670. The third-order valence-electron chi connectivity index (χ3n) is 2.52. The highest BCUT2D eigenvalue weighted by Gasteiger charge is 2.00. The smallest absolute Gasteiger partial charge is 0.150 e. The molecule has 1 N–H and O–H groups in total. The second-order valence-corrected chi connectivity index (χ2v) is 4.04. The topological polar surface area (TPSA) is 42.0 Å². The Kier molecular flexibility index (Phi) is 3.23. The molecular formula is C13H13BN2O. The minimum Gasteiger partial charge on any atom is -0.341 e. The molecule has 1 heterocycles. The summed E-state index contributed by atoms with van der Waals surface area (Å²) in [6.45, 7) is 2.02. The van der Waals surface area contributed by atoms with Gasteiger partial charge >= 0.3 is 0 Å². The molecule has 0 aliphatic heterocycles. The van der Waals surface area contributed by atoms with Gasteiger partial charge in [-0.15, -0.1) is 0 Å². The number of carbonyl (C=O) groups excluding carboxylic acids is 1. The Morgan fingerprint density at radius 3 is 2.59 bits per heavy atom. The maximum Gasteiger partial charge on any atom is 0.150 e. The molecule has 0 saturated heterocycles. The van der Waals surface area contributed by atoms with Crippen molar-refractivity contribution in [3.8, 4) is 0 Å². The molecule has 0 fully saturated rings. The van der Waals surface area contributed by atoms with Crippen LogP contribution in [0.3, 0.4) is 0 Å². The molecule has 1 aromatic carbocycles. The monoisotopic (exact) mass is 224 g/mol. The van der Waals surface area contributed by atoms with Crippen molar-refractivity contribution in [1.82, 2.24) is 4.98 Å². The largest absolute Gasteiger partial charge is 0.341 e. The van der Waals surface area contributed by atoms with Crippen LogP contribution in [0.15, 0.2) is 36.5 Å². The molecule has 84 valence electrons. The first-order valence-electron chi connectivity index (χ1n) is 5.44. The van der Waals surface area contributed by atoms with Crippen molar-refractivity contribution in [1.29, 1.82) is 0 Å². The summed E-state index contributed by atoms with van der Waals surface area (Å²) < 4.78 is 0. The van der Waals surface area contributed by atoms with Crippen molar-refractivity contribution in [2.24, 2.45) is 0 Å². The average molecular weight is 224 g/mol. The molecule has 0 radical (unpaired) electrons. The number of nitrogens with one attached hydrogen (secondary N) is 1. The first kappa shape index (κ1) is 11.4. The molecule has 2 aromatic rings. The molecule has 0 amide bonds. The second kappa shape index (κ2) is 4.83. The summed E-state index contributed by atoms with van der Waals surface area (Å²) in [5, 5.41) is 3.22. The predicted octanol–water partition coefficient (Wildman–Crippen LogP) is 1.20. The molecule has 1 aromatic heterocycles. The molecule has 0 bridgehead atoms. The highest BCUT2D eigenvalue weighted by Crippen LogP contribution is 2.13. The van der Waals surface area contributed by atoms with Crippen molar-refractivity contribution < 1.29 is 4.79 Å². The van der Waals surface area contributed by atoms with E-state index in [-0.39, 0.29) is 0 Å². The number of hydrogen-bond donors (Lipinski definition) is 1. The van der Waals surface area contributed by atoms with E-state index >= 15 is 0 Å². The Hall–Kier alpha value is -2.10. The lowest BCUT2D eigenvalue weighted by Crippen LogP contribution is -2.12. The van der Waals surface area contributed by atoms with E-state index in [0.29, 0.717) is 5.56 Å². The molecule has 0 saturated carbocycles. The van der Waals surface area contributed by atoms with Crippen LogP contribution in [0.2, 0.25) is 0 Å². The van der Waals surface area contributed by atoms with Gasteiger partial charge < -0.3 is 5.32 Å². The minimum atomic E-state index is 0.670. The van der Waals surface area contributed by atoms with Gasteiger partial charge in [0.15, 0.2) is 0 Å². The molecule has 0 aliphatic rings. The lowest BCUT2D eigenvalue weighted by atomic mass is 9.95. The molecular weight excluding hydrogens is 211 g/mol. The molecule has 17 heavy (non-hydrogen) atoms. The van der Waals surface area contributed by atoms with E-state index < -0.39 is 0 Å². The van der Waals surface area contributed by atoms with Gasteiger partial charge in [0.2, 0.25) is 0 Å². The van der Waals surface area contributed by atoms with E-state index in [0.717, 1.165) is 28.8 Å². The highest BCUT2D eigenvalue weighted by molar-refractivity contribution is 6.35. The number of anilines is 2. The Morgan fingerprint density at radius 1 is 1.29 bits per heavy atom. The standard InChI is InChI=1S/C13H13BN2O/c1-9-6-12(14)13(15-7-9)16-11-4-2-10(8-17)3-5-11/h2-8H,14H2,1H3,(H,15,16). The number of hydrogen-bond acceptors (Lipinski definition) is 3. The van der Waals surface area contributed by atoms with Crippen molar-refractivity contribution in [3.63, 3.8) is 0 Å². The van der Waals surface area contributed by atoms with Crippen molar-refractivity contribution in [2.75, 3.05) is 5.32 Å². The molecule has 0 spiro atoms. The zero-order valence-corrected chi connectivity index (χ0v) is 9.90. The number of pyridine rings is 1. The predicted molar refractivity (Wildman–Crippen MR) is 72.3 cm³/mol. The lowest BCUT2D eigenvalue weighted by molar-refractivity contribution is 0.112. The van der Waals surface area contributed by atoms with Crippen LogP contribution >= 0.6 is 0 Å². The van der Waals surface area contributed by atoms with E-state index in [1.807, 2.05) is 33.1 Å². The molecule has 3 nitrogen and oxygen atoms in total. The van der Waals surface area contributed by atoms with Crippen LogP contribution in [-0.4, -0.2) is 19.1 Å². The summed E-state index contributed by atoms with van der Waals surface area (Å²) in [6, 6.07) is 9.36. The van der Waals surface area contributed by atoms with Crippen molar-refractivity contribution in [2.45, 2.75) is 6.92 Å². The van der Waals surface area contributed by atoms with E-state index in [4.69, 9.17) is 0 Å². The number of benzene rings is 1. The van der Waals surface area contributed by atoms with Crippen LogP contribution in [0.1, 0.15) is 15.9 Å². The van der Waals surface area contributed by atoms with Crippen LogP contribution in [0.4, 0.5) is 11.5 Å². The van der Waals surface area contributed by atoms with Gasteiger partial charge in [-0.05, 0) is 42.2 Å². The highest BCUT2D eigenvalue weighted by atomic mass is 16.1. The summed E-state index contributed by atoms with van der Waals surface area (Å²) in [5.74, 6) is 0.842. The van der Waals surface area contributed by atoms with Gasteiger partial charge in [0.05, 0.1) is 0 Å². The number of aldehydes is 1. The van der Waals surface area contributed by atoms with Gasteiger partial charge in [-0.25, -0.2) is 4.98 Å². The van der Waals surface area contributed by atoms with E-state index in [9.17, 15) is 4.79 Å². The summed E-state index contributed by atoms with van der Waals surface area (Å²) in [6.07, 6.45) is 2.66. The quantitative estimate of drug-likeness (QED) is 0.629. The normalized spacial score (nSPS) is 9.94. The third kappa shape index (κ3) is 2.72. The molecule has 0 unspecified atom stereocenters. The van der Waals surface area contributed by atoms with Gasteiger partial charge in [0.25, 0.3) is 0 Å². The summed E-state index contributed by atoms with van der Waals surface area (Å²) in [7, 11) is 2.02. The first-order valence-corrected chi connectivity index (χ1v) is 5.44. The molecule has 0 atom stereocenters. The average Bonchev–Trinajstić information content (AvgIpc) is 2.34. The number of rotatable bonds is 3. The van der Waals surface area contributed by atoms with Crippen LogP contribution in [0.5, 0.6) is 0 Å².